The Morgan fingerprint density at radius 1 is 1.62 bits per heavy atom. The fourth-order valence-corrected chi connectivity index (χ4v) is 4.83. The lowest BCUT2D eigenvalue weighted by atomic mass is 10.0. The summed E-state index contributed by atoms with van der Waals surface area (Å²) in [6.07, 6.45) is 0. The van der Waals surface area contributed by atoms with Crippen molar-refractivity contribution in [2.45, 2.75) is 16.3 Å². The Bertz CT molecular complexity index is 802. The zero-order valence-corrected chi connectivity index (χ0v) is 15.7. The van der Waals surface area contributed by atoms with E-state index >= 15 is 0 Å². The summed E-state index contributed by atoms with van der Waals surface area (Å²) >= 11 is 8.38. The van der Waals surface area contributed by atoms with E-state index in [2.05, 4.69) is 20.3 Å². The van der Waals surface area contributed by atoms with Crippen molar-refractivity contribution in [3.8, 4) is 0 Å². The number of anilines is 1. The molecule has 2 saturated heterocycles. The number of carbonyl (C=O) groups is 3. The summed E-state index contributed by atoms with van der Waals surface area (Å²) in [6, 6.07) is -0.805. The number of oxime groups is 1. The SMILES string of the molecule is CON=C(C(=O)NC1C(=O)N2CC(Cl)(C(=O)O)CS[C@H]12)c1csc(N)n1. The second-order valence-corrected chi connectivity index (χ2v) is 8.30. The molecule has 1 aromatic heterocycles. The molecule has 0 saturated carbocycles. The largest absolute Gasteiger partial charge is 0.480 e. The molecule has 2 aliphatic rings. The number of alkyl halides is 1. The van der Waals surface area contributed by atoms with E-state index in [4.69, 9.17) is 17.3 Å². The fourth-order valence-electron chi connectivity index (χ4n) is 2.58. The summed E-state index contributed by atoms with van der Waals surface area (Å²) in [7, 11) is 1.28. The van der Waals surface area contributed by atoms with Crippen LogP contribution in [0.1, 0.15) is 5.69 Å². The first-order valence-electron chi connectivity index (χ1n) is 7.24. The number of carboxylic acids is 1. The van der Waals surface area contributed by atoms with Gasteiger partial charge in [0, 0.05) is 11.1 Å². The molecule has 3 atom stereocenters. The van der Waals surface area contributed by atoms with E-state index in [0.717, 1.165) is 11.3 Å². The van der Waals surface area contributed by atoms with Gasteiger partial charge < -0.3 is 25.9 Å². The van der Waals surface area contributed by atoms with Crippen LogP contribution in [0.4, 0.5) is 5.13 Å². The number of carboxylic acid groups (broad SMARTS) is 1. The number of β-lactam (4-membered cyclic amide) rings is 1. The van der Waals surface area contributed by atoms with Gasteiger partial charge in [-0.25, -0.2) is 4.98 Å². The van der Waals surface area contributed by atoms with Crippen LogP contribution in [0.3, 0.4) is 0 Å². The van der Waals surface area contributed by atoms with Crippen molar-refractivity contribution < 1.29 is 24.3 Å². The number of thioether (sulfide) groups is 1. The minimum absolute atomic E-state index is 0.107. The number of aliphatic carboxylic acids is 1. The van der Waals surface area contributed by atoms with Crippen molar-refractivity contribution in [3.05, 3.63) is 11.1 Å². The van der Waals surface area contributed by atoms with Crippen LogP contribution in [-0.4, -0.2) is 74.2 Å². The molecule has 3 heterocycles. The molecule has 2 amide bonds. The van der Waals surface area contributed by atoms with E-state index < -0.39 is 28.7 Å². The predicted molar refractivity (Wildman–Crippen MR) is 96.2 cm³/mol. The second-order valence-electron chi connectivity index (χ2n) is 5.58. The third-order valence-corrected chi connectivity index (χ3v) is 6.65. The van der Waals surface area contributed by atoms with Gasteiger partial charge in [0.25, 0.3) is 5.91 Å². The number of nitrogen functional groups attached to an aromatic ring is 1. The molecule has 0 bridgehead atoms. The minimum Gasteiger partial charge on any atom is -0.480 e. The molecular formula is C13H14ClN5O5S2. The molecule has 1 aromatic rings. The molecule has 140 valence electrons. The highest BCUT2D eigenvalue weighted by molar-refractivity contribution is 8.00. The number of fused-ring (bicyclic) bond motifs is 1. The first kappa shape index (κ1) is 18.7. The molecule has 10 nitrogen and oxygen atoms in total. The third kappa shape index (κ3) is 3.19. The van der Waals surface area contributed by atoms with Crippen LogP contribution in [0.15, 0.2) is 10.5 Å². The number of thiazole rings is 1. The average molecular weight is 420 g/mol. The van der Waals surface area contributed by atoms with Crippen LogP contribution in [0.25, 0.3) is 0 Å². The van der Waals surface area contributed by atoms with Gasteiger partial charge in [-0.2, -0.15) is 0 Å². The first-order valence-corrected chi connectivity index (χ1v) is 9.55. The summed E-state index contributed by atoms with van der Waals surface area (Å²) in [5.41, 5.74) is 5.69. The van der Waals surface area contributed by atoms with Crippen LogP contribution in [0.2, 0.25) is 0 Å². The lowest BCUT2D eigenvalue weighted by molar-refractivity contribution is -0.151. The molecule has 0 aromatic carbocycles. The number of halogens is 1. The highest BCUT2D eigenvalue weighted by atomic mass is 35.5. The van der Waals surface area contributed by atoms with E-state index in [1.807, 2.05) is 0 Å². The average Bonchev–Trinajstić information content (AvgIpc) is 3.03. The maximum atomic E-state index is 12.5. The number of amides is 2. The van der Waals surface area contributed by atoms with Gasteiger partial charge in [0.15, 0.2) is 15.7 Å². The number of nitrogens with two attached hydrogens (primary N) is 1. The normalized spacial score (nSPS) is 28.2. The molecule has 0 radical (unpaired) electrons. The first-order chi connectivity index (χ1) is 12.3. The predicted octanol–water partition coefficient (Wildman–Crippen LogP) is -0.462. The van der Waals surface area contributed by atoms with Gasteiger partial charge in [-0.05, 0) is 0 Å². The summed E-state index contributed by atoms with van der Waals surface area (Å²) in [6.45, 7) is -0.117. The van der Waals surface area contributed by atoms with Crippen LogP contribution >= 0.6 is 34.7 Å². The van der Waals surface area contributed by atoms with Crippen LogP contribution in [-0.2, 0) is 19.2 Å². The Morgan fingerprint density at radius 2 is 2.35 bits per heavy atom. The van der Waals surface area contributed by atoms with E-state index in [9.17, 15) is 19.5 Å². The zero-order chi connectivity index (χ0) is 19.1. The number of nitrogens with one attached hydrogen (secondary N) is 1. The third-order valence-electron chi connectivity index (χ3n) is 3.88. The topological polar surface area (TPSA) is 147 Å². The minimum atomic E-state index is -1.52. The molecule has 0 spiro atoms. The van der Waals surface area contributed by atoms with Gasteiger partial charge >= 0.3 is 5.97 Å². The molecule has 4 N–H and O–H groups in total. The zero-order valence-electron chi connectivity index (χ0n) is 13.3. The van der Waals surface area contributed by atoms with Crippen molar-refractivity contribution in [1.29, 1.82) is 0 Å². The number of hydrogen-bond acceptors (Lipinski definition) is 9. The molecule has 13 heteroatoms. The molecular weight excluding hydrogens is 406 g/mol. The van der Waals surface area contributed by atoms with Crippen LogP contribution in [0.5, 0.6) is 0 Å². The Kier molecular flexibility index (Phi) is 4.99. The highest BCUT2D eigenvalue weighted by Crippen LogP contribution is 2.41. The van der Waals surface area contributed by atoms with Crippen LogP contribution < -0.4 is 11.1 Å². The summed E-state index contributed by atoms with van der Waals surface area (Å²) in [5.74, 6) is -2.11. The molecule has 3 rings (SSSR count). The van der Waals surface area contributed by atoms with Crippen molar-refractivity contribution in [3.63, 3.8) is 0 Å². The van der Waals surface area contributed by atoms with E-state index in [0.29, 0.717) is 0 Å². The van der Waals surface area contributed by atoms with Gasteiger partial charge in [-0.1, -0.05) is 5.16 Å². The van der Waals surface area contributed by atoms with Crippen LogP contribution in [0, 0.1) is 0 Å². The van der Waals surface area contributed by atoms with Gasteiger partial charge in [-0.15, -0.1) is 34.7 Å². The van der Waals surface area contributed by atoms with E-state index in [1.165, 1.54) is 23.8 Å². The lowest BCUT2D eigenvalue weighted by Crippen LogP contribution is -2.74. The Hall–Kier alpha value is -2.05. The number of carbonyl (C=O) groups excluding carboxylic acids is 2. The van der Waals surface area contributed by atoms with Gasteiger partial charge in [0.2, 0.25) is 5.91 Å². The maximum Gasteiger partial charge on any atom is 0.327 e. The highest BCUT2D eigenvalue weighted by Gasteiger charge is 2.57. The maximum absolute atomic E-state index is 12.5. The van der Waals surface area contributed by atoms with Gasteiger partial charge in [0.05, 0.1) is 6.54 Å². The Morgan fingerprint density at radius 3 is 2.92 bits per heavy atom. The quantitative estimate of drug-likeness (QED) is 0.251. The standard InChI is InChI=1S/C13H14ClN5O5S2/c1-24-18-6(5-2-25-12(15)16-5)8(20)17-7-9(21)19-3-13(14,11(22)23)4-26-10(7)19/h2,7,10H,3-4H2,1H3,(H2,15,16)(H,17,20)(H,22,23)/t7?,10-,13?/m1/s1. The van der Waals surface area contributed by atoms with E-state index in [-0.39, 0.29) is 34.2 Å². The molecule has 26 heavy (non-hydrogen) atoms. The molecule has 2 fully saturated rings. The molecule has 2 aliphatic heterocycles. The molecule has 0 aliphatic carbocycles. The monoisotopic (exact) mass is 419 g/mol. The summed E-state index contributed by atoms with van der Waals surface area (Å²) in [5, 5.41) is 16.8. The Labute approximate surface area is 160 Å². The van der Waals surface area contributed by atoms with Crippen molar-refractivity contribution in [1.82, 2.24) is 15.2 Å². The fraction of sp³-hybridized carbons (Fsp3) is 0.462. The summed E-state index contributed by atoms with van der Waals surface area (Å²) in [4.78, 5) is 44.5. The van der Waals surface area contributed by atoms with Crippen molar-refractivity contribution >= 4 is 63.3 Å². The smallest absolute Gasteiger partial charge is 0.327 e. The number of nitrogens with zero attached hydrogens (tertiary/aromatic N) is 3. The van der Waals surface area contributed by atoms with E-state index in [1.54, 1.807) is 5.38 Å². The number of hydrogen-bond donors (Lipinski definition) is 3. The van der Waals surface area contributed by atoms with Crippen molar-refractivity contribution in [2.24, 2.45) is 5.16 Å². The molecule has 2 unspecified atom stereocenters. The second kappa shape index (κ2) is 6.93. The number of aromatic nitrogens is 1. The number of rotatable bonds is 5. The van der Waals surface area contributed by atoms with Gasteiger partial charge in [0.1, 0.15) is 24.2 Å². The Balaban J connectivity index is 1.70. The summed E-state index contributed by atoms with van der Waals surface area (Å²) < 4.78 is 0. The van der Waals surface area contributed by atoms with Crippen molar-refractivity contribution in [2.75, 3.05) is 25.1 Å². The lowest BCUT2D eigenvalue weighted by Gasteiger charge is -2.52. The van der Waals surface area contributed by atoms with Gasteiger partial charge in [-0.3, -0.25) is 14.4 Å².